The number of pyridine rings is 1. The molecule has 0 amide bonds. The summed E-state index contributed by atoms with van der Waals surface area (Å²) < 4.78 is 0. The fraction of sp³-hybridized carbons (Fsp3) is 0.400. The van der Waals surface area contributed by atoms with E-state index in [0.717, 1.165) is 37.4 Å². The Morgan fingerprint density at radius 2 is 1.71 bits per heavy atom. The van der Waals surface area contributed by atoms with Crippen LogP contribution in [0.5, 0.6) is 0 Å². The summed E-state index contributed by atoms with van der Waals surface area (Å²) in [5, 5.41) is 17.1. The highest BCUT2D eigenvalue weighted by molar-refractivity contribution is 5.64. The van der Waals surface area contributed by atoms with Crippen molar-refractivity contribution in [3.05, 3.63) is 59.9 Å². The van der Waals surface area contributed by atoms with Crippen LogP contribution in [-0.2, 0) is 17.0 Å². The van der Waals surface area contributed by atoms with E-state index in [4.69, 9.17) is 9.82 Å². The maximum atomic E-state index is 10.4. The second kappa shape index (κ2) is 9.38. The van der Waals surface area contributed by atoms with Crippen LogP contribution in [0.2, 0.25) is 0 Å². The first-order chi connectivity index (χ1) is 16.8. The van der Waals surface area contributed by atoms with Gasteiger partial charge in [-0.15, -0.1) is 0 Å². The Morgan fingerprint density at radius 3 is 2.43 bits per heavy atom. The highest BCUT2D eigenvalue weighted by Gasteiger charge is 2.29. The number of fused-ring (bicyclic) bond motifs is 1. The zero-order valence-electron chi connectivity index (χ0n) is 20.6. The van der Waals surface area contributed by atoms with E-state index in [9.17, 15) is 5.11 Å². The third-order valence-corrected chi connectivity index (χ3v) is 6.30. The Labute approximate surface area is 205 Å². The van der Waals surface area contributed by atoms with Gasteiger partial charge >= 0.3 is 0 Å². The molecule has 0 spiro atoms. The van der Waals surface area contributed by atoms with E-state index in [2.05, 4.69) is 56.4 Å². The van der Waals surface area contributed by atoms with Crippen molar-refractivity contribution in [2.45, 2.75) is 26.1 Å². The van der Waals surface area contributed by atoms with E-state index >= 15 is 0 Å². The molecule has 2 aromatic heterocycles. The monoisotopic (exact) mass is 476 g/mol. The Balaban J connectivity index is 1.38. The number of hydrazine groups is 1. The number of nitrogens with one attached hydrogen (secondary N) is 1. The molecule has 10 nitrogen and oxygen atoms in total. The predicted octanol–water partition coefficient (Wildman–Crippen LogP) is 3.02. The molecule has 184 valence electrons. The maximum absolute atomic E-state index is 10.4. The minimum absolute atomic E-state index is 0.355. The average Bonchev–Trinajstić information content (AvgIpc) is 2.84. The molecule has 0 bridgehead atoms. The van der Waals surface area contributed by atoms with Gasteiger partial charge in [-0.3, -0.25) is 4.84 Å². The summed E-state index contributed by atoms with van der Waals surface area (Å²) in [6, 6.07) is 13.9. The van der Waals surface area contributed by atoms with Gasteiger partial charge in [0.25, 0.3) is 0 Å². The molecule has 2 N–H and O–H groups in total. The normalized spacial score (nSPS) is 17.4. The van der Waals surface area contributed by atoms with Crippen LogP contribution in [-0.4, -0.2) is 70.4 Å². The van der Waals surface area contributed by atoms with Crippen LogP contribution in [0.25, 0.3) is 0 Å². The Hall–Kier alpha value is -3.31. The van der Waals surface area contributed by atoms with Crippen molar-refractivity contribution in [1.82, 2.24) is 25.0 Å². The lowest BCUT2D eigenvalue weighted by Gasteiger charge is -2.36. The molecular formula is C25H32N8O2. The van der Waals surface area contributed by atoms with Crippen molar-refractivity contribution in [3.63, 3.8) is 0 Å². The Morgan fingerprint density at radius 1 is 0.971 bits per heavy atom. The van der Waals surface area contributed by atoms with Crippen LogP contribution in [0.3, 0.4) is 0 Å². The van der Waals surface area contributed by atoms with E-state index < -0.39 is 5.60 Å². The number of hydrogen-bond donors (Lipinski definition) is 2. The third kappa shape index (κ3) is 5.06. The van der Waals surface area contributed by atoms with Crippen LogP contribution >= 0.6 is 0 Å². The highest BCUT2D eigenvalue weighted by Crippen LogP contribution is 2.33. The minimum Gasteiger partial charge on any atom is -0.384 e. The van der Waals surface area contributed by atoms with Gasteiger partial charge in [-0.2, -0.15) is 4.98 Å². The molecular weight excluding hydrogens is 444 g/mol. The fourth-order valence-electron chi connectivity index (χ4n) is 4.18. The van der Waals surface area contributed by atoms with Gasteiger partial charge in [-0.1, -0.05) is 11.2 Å². The molecule has 0 aliphatic carbocycles. The zero-order valence-corrected chi connectivity index (χ0v) is 20.6. The molecule has 2 aliphatic heterocycles. The van der Waals surface area contributed by atoms with Gasteiger partial charge in [-0.25, -0.2) is 15.0 Å². The summed E-state index contributed by atoms with van der Waals surface area (Å²) in [6.45, 7) is 7.99. The second-order valence-electron chi connectivity index (χ2n) is 9.49. The largest absolute Gasteiger partial charge is 0.384 e. The fourth-order valence-corrected chi connectivity index (χ4v) is 4.18. The molecule has 1 fully saturated rings. The van der Waals surface area contributed by atoms with Crippen molar-refractivity contribution in [2.75, 3.05) is 55.5 Å². The number of piperazine rings is 1. The molecule has 3 aromatic rings. The van der Waals surface area contributed by atoms with Crippen LogP contribution in [0, 0.1) is 0 Å². The number of aliphatic hydroxyl groups is 1. The molecule has 1 aromatic carbocycles. The van der Waals surface area contributed by atoms with Crippen molar-refractivity contribution >= 4 is 29.0 Å². The van der Waals surface area contributed by atoms with Crippen molar-refractivity contribution in [1.29, 1.82) is 0 Å². The Bertz CT molecular complexity index is 1170. The van der Waals surface area contributed by atoms with E-state index in [1.54, 1.807) is 43.3 Å². The van der Waals surface area contributed by atoms with Crippen molar-refractivity contribution < 1.29 is 9.94 Å². The maximum Gasteiger partial charge on any atom is 0.229 e. The third-order valence-electron chi connectivity index (χ3n) is 6.30. The number of anilines is 5. The number of rotatable bonds is 5. The molecule has 0 radical (unpaired) electrons. The first-order valence-electron chi connectivity index (χ1n) is 11.8. The zero-order chi connectivity index (χ0) is 24.6. The molecule has 10 heteroatoms. The molecule has 35 heavy (non-hydrogen) atoms. The lowest BCUT2D eigenvalue weighted by molar-refractivity contribution is -0.160. The standard InChI is InChI=1S/C25H32N8O2/c1-25(2,34)21-6-5-7-22(28-21)33-23-18(17-35-31(33)4)16-26-24(29-23)27-19-8-10-20(11-9-19)32-14-12-30(3)13-15-32/h5-11,16,34H,12-15,17H2,1-4H3,(H,26,27,29). The predicted molar refractivity (Wildman–Crippen MR) is 136 cm³/mol. The average molecular weight is 477 g/mol. The SMILES string of the molecule is CN1CCN(c2ccc(Nc3ncc4c(n3)N(c3cccc(C(C)(C)O)n3)N(C)OC4)cc2)CC1. The van der Waals surface area contributed by atoms with Crippen molar-refractivity contribution in [2.24, 2.45) is 0 Å². The number of benzene rings is 1. The molecule has 0 unspecified atom stereocenters. The summed E-state index contributed by atoms with van der Waals surface area (Å²) in [4.78, 5) is 24.5. The molecule has 4 heterocycles. The quantitative estimate of drug-likeness (QED) is 0.572. The van der Waals surface area contributed by atoms with E-state index in [1.807, 2.05) is 12.1 Å². The number of hydrogen-bond acceptors (Lipinski definition) is 10. The topological polar surface area (TPSA) is 93.1 Å². The van der Waals surface area contributed by atoms with Gasteiger partial charge < -0.3 is 20.2 Å². The summed E-state index contributed by atoms with van der Waals surface area (Å²) in [7, 11) is 3.96. The van der Waals surface area contributed by atoms with Crippen LogP contribution in [0.15, 0.2) is 48.7 Å². The lowest BCUT2D eigenvalue weighted by Crippen LogP contribution is -2.44. The number of likely N-dealkylation sites (N-methyl/N-ethyl adjacent to an activating group) is 1. The van der Waals surface area contributed by atoms with Gasteiger partial charge in [0.05, 0.1) is 5.69 Å². The first-order valence-corrected chi connectivity index (χ1v) is 11.8. The number of hydroxylamine groups is 1. The van der Waals surface area contributed by atoms with Gasteiger partial charge in [-0.05, 0) is 57.3 Å². The van der Waals surface area contributed by atoms with Gasteiger partial charge in [0.1, 0.15) is 12.2 Å². The first kappa shape index (κ1) is 23.4. The molecule has 2 aliphatic rings. The van der Waals surface area contributed by atoms with Gasteiger partial charge in [0.2, 0.25) is 5.95 Å². The highest BCUT2D eigenvalue weighted by atomic mass is 16.7. The van der Waals surface area contributed by atoms with E-state index in [-0.39, 0.29) is 0 Å². The smallest absolute Gasteiger partial charge is 0.229 e. The van der Waals surface area contributed by atoms with Crippen LogP contribution < -0.4 is 15.2 Å². The Kier molecular flexibility index (Phi) is 6.28. The molecule has 1 saturated heterocycles. The number of nitrogens with zero attached hydrogens (tertiary/aromatic N) is 7. The molecule has 0 saturated carbocycles. The van der Waals surface area contributed by atoms with Gasteiger partial charge in [0.15, 0.2) is 11.6 Å². The summed E-state index contributed by atoms with van der Waals surface area (Å²) in [5.74, 6) is 1.75. The van der Waals surface area contributed by atoms with Crippen molar-refractivity contribution in [3.8, 4) is 0 Å². The summed E-state index contributed by atoms with van der Waals surface area (Å²) in [5.41, 5.74) is 2.47. The van der Waals surface area contributed by atoms with Gasteiger partial charge in [0, 0.05) is 56.4 Å². The minimum atomic E-state index is -1.07. The van der Waals surface area contributed by atoms with Crippen LogP contribution in [0.1, 0.15) is 25.1 Å². The molecule has 5 rings (SSSR count). The van der Waals surface area contributed by atoms with Crippen LogP contribution in [0.4, 0.5) is 29.0 Å². The lowest BCUT2D eigenvalue weighted by atomic mass is 10.1. The summed E-state index contributed by atoms with van der Waals surface area (Å²) in [6.07, 6.45) is 1.77. The second-order valence-corrected chi connectivity index (χ2v) is 9.49. The van der Waals surface area contributed by atoms with E-state index in [0.29, 0.717) is 29.9 Å². The van der Waals surface area contributed by atoms with E-state index in [1.165, 1.54) is 5.69 Å². The summed E-state index contributed by atoms with van der Waals surface area (Å²) >= 11 is 0. The molecule has 0 atom stereocenters. The number of aromatic nitrogens is 3.